The maximum atomic E-state index is 12.4. The zero-order valence-corrected chi connectivity index (χ0v) is 46.8. The Kier molecular flexibility index (Phi) is 58.0. The fraction of sp³-hybridized carbons (Fsp3) is 0.937. The van der Waals surface area contributed by atoms with Crippen molar-refractivity contribution in [2.75, 3.05) is 13.2 Å². The van der Waals surface area contributed by atoms with E-state index in [1.165, 1.54) is 276 Å². The summed E-state index contributed by atoms with van der Waals surface area (Å²) in [7, 11) is 0. The Bertz CT molecular complexity index is 1030. The normalized spacial score (nSPS) is 12.6. The van der Waals surface area contributed by atoms with Crippen molar-refractivity contribution in [1.82, 2.24) is 5.32 Å². The minimum atomic E-state index is -0.658. The number of aliphatic hydroxyl groups is 2. The molecule has 6 heteroatoms. The molecule has 1 amide bonds. The molecular weight excluding hydrogens is 851 g/mol. The highest BCUT2D eigenvalue weighted by Gasteiger charge is 2.20. The van der Waals surface area contributed by atoms with Crippen molar-refractivity contribution in [3.05, 3.63) is 12.2 Å². The van der Waals surface area contributed by atoms with Gasteiger partial charge >= 0.3 is 5.97 Å². The van der Waals surface area contributed by atoms with Crippen molar-refractivity contribution in [3.8, 4) is 0 Å². The van der Waals surface area contributed by atoms with Gasteiger partial charge in [0.15, 0.2) is 0 Å². The number of ether oxygens (including phenoxy) is 1. The Morgan fingerprint density at radius 3 is 1.04 bits per heavy atom. The van der Waals surface area contributed by atoms with Gasteiger partial charge in [-0.1, -0.05) is 302 Å². The summed E-state index contributed by atoms with van der Waals surface area (Å²) >= 11 is 0. The molecule has 0 spiro atoms. The number of nitrogens with one attached hydrogen (secondary N) is 1. The van der Waals surface area contributed by atoms with Crippen LogP contribution in [0.15, 0.2) is 12.2 Å². The van der Waals surface area contributed by atoms with Crippen LogP contribution in [0.25, 0.3) is 0 Å². The highest BCUT2D eigenvalue weighted by atomic mass is 16.5. The van der Waals surface area contributed by atoms with E-state index < -0.39 is 12.1 Å². The number of aliphatic hydroxyl groups excluding tert-OH is 2. The summed E-state index contributed by atoms with van der Waals surface area (Å²) in [6.45, 7) is 4.94. The van der Waals surface area contributed by atoms with Gasteiger partial charge in [0.1, 0.15) is 0 Å². The summed E-state index contributed by atoms with van der Waals surface area (Å²) in [6, 6.07) is -0.535. The number of carbonyl (C=O) groups excluding carboxylic acids is 2. The number of esters is 1. The van der Waals surface area contributed by atoms with E-state index in [4.69, 9.17) is 4.74 Å². The number of allylic oxidation sites excluding steroid dienone is 2. The molecule has 410 valence electrons. The Hall–Kier alpha value is -1.40. The first kappa shape index (κ1) is 67.6. The third-order valence-corrected chi connectivity index (χ3v) is 14.8. The summed E-state index contributed by atoms with van der Waals surface area (Å²) in [4.78, 5) is 24.4. The lowest BCUT2D eigenvalue weighted by Gasteiger charge is -2.22. The molecule has 0 radical (unpaired) electrons. The van der Waals surface area contributed by atoms with E-state index >= 15 is 0 Å². The zero-order chi connectivity index (χ0) is 50.0. The number of hydrogen-bond donors (Lipinski definition) is 3. The van der Waals surface area contributed by atoms with E-state index in [9.17, 15) is 19.8 Å². The van der Waals surface area contributed by atoms with E-state index in [1.54, 1.807) is 0 Å². The third kappa shape index (κ3) is 55.8. The molecule has 6 nitrogen and oxygen atoms in total. The molecule has 0 aromatic rings. The van der Waals surface area contributed by atoms with Gasteiger partial charge in [0, 0.05) is 12.8 Å². The van der Waals surface area contributed by atoms with Crippen LogP contribution in [-0.2, 0) is 14.3 Å². The van der Waals surface area contributed by atoms with Crippen LogP contribution in [0.1, 0.15) is 354 Å². The van der Waals surface area contributed by atoms with Gasteiger partial charge in [-0.15, -0.1) is 0 Å². The largest absolute Gasteiger partial charge is 0.466 e. The number of rotatable bonds is 59. The second-order valence-electron chi connectivity index (χ2n) is 21.7. The lowest BCUT2D eigenvalue weighted by atomic mass is 10.0. The van der Waals surface area contributed by atoms with Crippen LogP contribution in [0, 0.1) is 0 Å². The quantitative estimate of drug-likeness (QED) is 0.0321. The lowest BCUT2D eigenvalue weighted by molar-refractivity contribution is -0.143. The minimum absolute atomic E-state index is 0.0111. The average Bonchev–Trinajstić information content (AvgIpc) is 3.35. The second-order valence-corrected chi connectivity index (χ2v) is 21.7. The summed E-state index contributed by atoms with van der Waals surface area (Å²) < 4.78 is 5.48. The summed E-state index contributed by atoms with van der Waals surface area (Å²) in [5, 5.41) is 23.1. The van der Waals surface area contributed by atoms with E-state index in [2.05, 4.69) is 31.3 Å². The van der Waals surface area contributed by atoms with E-state index in [1.807, 2.05) is 0 Å². The second kappa shape index (κ2) is 59.2. The molecule has 0 heterocycles. The smallest absolute Gasteiger partial charge is 0.305 e. The van der Waals surface area contributed by atoms with Crippen LogP contribution in [0.5, 0.6) is 0 Å². The summed E-state index contributed by atoms with van der Waals surface area (Å²) in [6.07, 6.45) is 71.1. The van der Waals surface area contributed by atoms with Gasteiger partial charge in [0.25, 0.3) is 0 Å². The van der Waals surface area contributed by atoms with Crippen molar-refractivity contribution < 1.29 is 24.5 Å². The Balaban J connectivity index is 3.29. The molecule has 0 aliphatic carbocycles. The van der Waals surface area contributed by atoms with Crippen molar-refractivity contribution >= 4 is 11.9 Å². The van der Waals surface area contributed by atoms with Crippen molar-refractivity contribution in [3.63, 3.8) is 0 Å². The van der Waals surface area contributed by atoms with Gasteiger partial charge in [-0.05, 0) is 51.4 Å². The summed E-state index contributed by atoms with van der Waals surface area (Å²) in [5.41, 5.74) is 0. The molecule has 0 saturated heterocycles. The predicted molar refractivity (Wildman–Crippen MR) is 301 cm³/mol. The molecule has 2 atom stereocenters. The molecule has 0 aromatic heterocycles. The molecule has 0 fully saturated rings. The van der Waals surface area contributed by atoms with Gasteiger partial charge < -0.3 is 20.3 Å². The molecule has 0 aliphatic heterocycles. The Labute approximate surface area is 431 Å². The first-order valence-corrected chi connectivity index (χ1v) is 31.4. The highest BCUT2D eigenvalue weighted by Crippen LogP contribution is 2.18. The first-order valence-electron chi connectivity index (χ1n) is 31.4. The molecule has 0 saturated carbocycles. The minimum Gasteiger partial charge on any atom is -0.466 e. The monoisotopic (exact) mass is 974 g/mol. The van der Waals surface area contributed by atoms with E-state index in [0.29, 0.717) is 25.9 Å². The van der Waals surface area contributed by atoms with Crippen LogP contribution >= 0.6 is 0 Å². The Morgan fingerprint density at radius 1 is 0.391 bits per heavy atom. The fourth-order valence-corrected chi connectivity index (χ4v) is 9.99. The maximum absolute atomic E-state index is 12.4. The number of carbonyl (C=O) groups is 2. The molecule has 3 N–H and O–H groups in total. The standard InChI is InChI=1S/C63H123NO5/c1-3-5-7-9-11-13-14-33-37-41-45-49-53-57-63(68)69-58-54-50-46-42-38-35-32-30-28-26-24-22-20-18-16-15-17-19-21-23-25-27-29-31-34-36-40-44-48-52-56-62(67)64-60(59-65)61(66)55-51-47-43-39-12-10-8-6-4-2/h13-14,60-61,65-66H,3-12,15-59H2,1-2H3,(H,64,67)/b14-13-. The molecular formula is C63H123NO5. The summed E-state index contributed by atoms with van der Waals surface area (Å²) in [5.74, 6) is -0.0208. The third-order valence-electron chi connectivity index (χ3n) is 14.8. The van der Waals surface area contributed by atoms with Crippen LogP contribution in [0.2, 0.25) is 0 Å². The molecule has 69 heavy (non-hydrogen) atoms. The lowest BCUT2D eigenvalue weighted by Crippen LogP contribution is -2.45. The van der Waals surface area contributed by atoms with Crippen LogP contribution in [0.4, 0.5) is 0 Å². The van der Waals surface area contributed by atoms with Gasteiger partial charge in [-0.3, -0.25) is 9.59 Å². The Morgan fingerprint density at radius 2 is 0.681 bits per heavy atom. The highest BCUT2D eigenvalue weighted by molar-refractivity contribution is 5.76. The van der Waals surface area contributed by atoms with Crippen molar-refractivity contribution in [2.24, 2.45) is 0 Å². The fourth-order valence-electron chi connectivity index (χ4n) is 9.99. The molecule has 0 aliphatic rings. The van der Waals surface area contributed by atoms with Gasteiger partial charge in [-0.2, -0.15) is 0 Å². The average molecular weight is 975 g/mol. The van der Waals surface area contributed by atoms with Gasteiger partial charge in [-0.25, -0.2) is 0 Å². The maximum Gasteiger partial charge on any atom is 0.305 e. The first-order chi connectivity index (χ1) is 34.0. The van der Waals surface area contributed by atoms with Gasteiger partial charge in [0.2, 0.25) is 5.91 Å². The number of amides is 1. The molecule has 0 aromatic carbocycles. The van der Waals surface area contributed by atoms with Crippen LogP contribution in [-0.4, -0.2) is 47.4 Å². The van der Waals surface area contributed by atoms with E-state index in [-0.39, 0.29) is 18.5 Å². The van der Waals surface area contributed by atoms with E-state index in [0.717, 1.165) is 44.9 Å². The number of hydrogen-bond acceptors (Lipinski definition) is 5. The van der Waals surface area contributed by atoms with Crippen molar-refractivity contribution in [1.29, 1.82) is 0 Å². The zero-order valence-electron chi connectivity index (χ0n) is 46.8. The van der Waals surface area contributed by atoms with Gasteiger partial charge in [0.05, 0.1) is 25.4 Å². The number of unbranched alkanes of at least 4 members (excludes halogenated alkanes) is 46. The molecule has 0 bridgehead atoms. The van der Waals surface area contributed by atoms with Crippen molar-refractivity contribution in [2.45, 2.75) is 366 Å². The SMILES string of the molecule is CCCCCC/C=C\CCCCCCCC(=O)OCCCCCCCCCCCCCCCCCCCCCCCCCCCCCCCCC(=O)NC(CO)C(O)CCCCCCCCCCC. The predicted octanol–water partition coefficient (Wildman–Crippen LogP) is 19.6. The molecule has 2 unspecified atom stereocenters. The topological polar surface area (TPSA) is 95.9 Å². The van der Waals surface area contributed by atoms with Crippen LogP contribution in [0.3, 0.4) is 0 Å². The van der Waals surface area contributed by atoms with Crippen LogP contribution < -0.4 is 5.32 Å². The molecule has 0 rings (SSSR count).